The molecule has 2 N–H and O–H groups in total. The molecular formula is C16H17N3OS. The maximum Gasteiger partial charge on any atom is 0.262 e. The molecule has 5 heteroatoms. The topological polar surface area (TPSA) is 60.9 Å². The van der Waals surface area contributed by atoms with Crippen LogP contribution in [0.5, 0.6) is 0 Å². The number of aryl methyl sites for hydroxylation is 1. The van der Waals surface area contributed by atoms with Gasteiger partial charge in [-0.15, -0.1) is 11.3 Å². The number of fused-ring (bicyclic) bond motifs is 1. The summed E-state index contributed by atoms with van der Waals surface area (Å²) in [5, 5.41) is 0.721. The van der Waals surface area contributed by atoms with Gasteiger partial charge in [-0.3, -0.25) is 9.36 Å². The van der Waals surface area contributed by atoms with Gasteiger partial charge in [-0.05, 0) is 12.0 Å². The Bertz CT molecular complexity index is 821. The Labute approximate surface area is 126 Å². The minimum atomic E-state index is 0.000234. The second kappa shape index (κ2) is 5.79. The van der Waals surface area contributed by atoms with E-state index in [-0.39, 0.29) is 5.56 Å². The van der Waals surface area contributed by atoms with E-state index in [1.165, 1.54) is 4.88 Å². The normalized spacial score (nSPS) is 11.1. The van der Waals surface area contributed by atoms with Gasteiger partial charge in [0.05, 0.1) is 11.7 Å². The molecule has 4 nitrogen and oxygen atoms in total. The Hall–Kier alpha value is -1.98. The number of aromatic nitrogens is 2. The summed E-state index contributed by atoms with van der Waals surface area (Å²) in [7, 11) is 0. The fraction of sp³-hybridized carbons (Fsp3) is 0.250. The third-order valence-electron chi connectivity index (χ3n) is 3.51. The summed E-state index contributed by atoms with van der Waals surface area (Å²) >= 11 is 1.60. The lowest BCUT2D eigenvalue weighted by Crippen LogP contribution is -2.24. The van der Waals surface area contributed by atoms with E-state index >= 15 is 0 Å². The first kappa shape index (κ1) is 14.0. The van der Waals surface area contributed by atoms with E-state index in [2.05, 4.69) is 11.9 Å². The van der Waals surface area contributed by atoms with Crippen molar-refractivity contribution in [2.24, 2.45) is 5.73 Å². The second-order valence-electron chi connectivity index (χ2n) is 4.83. The lowest BCUT2D eigenvalue weighted by atomic mass is 10.0. The molecule has 2 aromatic heterocycles. The number of rotatable bonds is 4. The van der Waals surface area contributed by atoms with Crippen molar-refractivity contribution in [3.63, 3.8) is 0 Å². The maximum absolute atomic E-state index is 12.7. The standard InChI is InChI=1S/C16H17N3OS/c1-2-12-13(11-6-4-3-5-7-11)14-15(21-12)18-10-19(9-8-17)16(14)20/h3-7,10H,2,8-9,17H2,1H3. The van der Waals surface area contributed by atoms with Gasteiger partial charge in [0, 0.05) is 23.5 Å². The van der Waals surface area contributed by atoms with Crippen molar-refractivity contribution in [1.29, 1.82) is 0 Å². The molecule has 21 heavy (non-hydrogen) atoms. The van der Waals surface area contributed by atoms with Gasteiger partial charge in [0.25, 0.3) is 5.56 Å². The van der Waals surface area contributed by atoms with Crippen LogP contribution in [-0.4, -0.2) is 16.1 Å². The molecule has 0 saturated heterocycles. The molecule has 0 aliphatic heterocycles. The van der Waals surface area contributed by atoms with Crippen molar-refractivity contribution in [2.45, 2.75) is 19.9 Å². The molecular weight excluding hydrogens is 282 g/mol. The van der Waals surface area contributed by atoms with E-state index < -0.39 is 0 Å². The van der Waals surface area contributed by atoms with Gasteiger partial charge < -0.3 is 5.73 Å². The van der Waals surface area contributed by atoms with Crippen LogP contribution in [0, 0.1) is 0 Å². The summed E-state index contributed by atoms with van der Waals surface area (Å²) in [4.78, 5) is 19.2. The molecule has 0 aliphatic carbocycles. The zero-order valence-electron chi connectivity index (χ0n) is 11.9. The monoisotopic (exact) mass is 299 g/mol. The summed E-state index contributed by atoms with van der Waals surface area (Å²) in [6, 6.07) is 10.1. The summed E-state index contributed by atoms with van der Waals surface area (Å²) in [5.41, 5.74) is 7.67. The van der Waals surface area contributed by atoms with Gasteiger partial charge >= 0.3 is 0 Å². The van der Waals surface area contributed by atoms with Crippen LogP contribution in [0.4, 0.5) is 0 Å². The molecule has 108 valence electrons. The molecule has 0 atom stereocenters. The molecule has 0 saturated carbocycles. The molecule has 0 spiro atoms. The van der Waals surface area contributed by atoms with Gasteiger partial charge in [0.1, 0.15) is 4.83 Å². The molecule has 0 fully saturated rings. The summed E-state index contributed by atoms with van der Waals surface area (Å²) in [5.74, 6) is 0. The van der Waals surface area contributed by atoms with E-state index in [1.807, 2.05) is 30.3 Å². The molecule has 0 aliphatic rings. The van der Waals surface area contributed by atoms with E-state index in [9.17, 15) is 4.79 Å². The van der Waals surface area contributed by atoms with Crippen molar-refractivity contribution in [3.05, 3.63) is 51.9 Å². The van der Waals surface area contributed by atoms with Crippen molar-refractivity contribution in [3.8, 4) is 11.1 Å². The molecule has 2 heterocycles. The van der Waals surface area contributed by atoms with Crippen LogP contribution in [0.3, 0.4) is 0 Å². The van der Waals surface area contributed by atoms with Crippen molar-refractivity contribution in [1.82, 2.24) is 9.55 Å². The highest BCUT2D eigenvalue weighted by Crippen LogP contribution is 2.36. The molecule has 0 unspecified atom stereocenters. The van der Waals surface area contributed by atoms with Gasteiger partial charge in [-0.25, -0.2) is 4.98 Å². The fourth-order valence-electron chi connectivity index (χ4n) is 2.53. The fourth-order valence-corrected chi connectivity index (χ4v) is 3.62. The molecule has 0 bridgehead atoms. The van der Waals surface area contributed by atoms with E-state index in [1.54, 1.807) is 22.2 Å². The first-order chi connectivity index (χ1) is 10.3. The Balaban J connectivity index is 2.35. The Morgan fingerprint density at radius 3 is 2.71 bits per heavy atom. The van der Waals surface area contributed by atoms with E-state index in [4.69, 9.17) is 5.73 Å². The highest BCUT2D eigenvalue weighted by atomic mass is 32.1. The van der Waals surface area contributed by atoms with Crippen molar-refractivity contribution in [2.75, 3.05) is 6.54 Å². The predicted molar refractivity (Wildman–Crippen MR) is 87.7 cm³/mol. The summed E-state index contributed by atoms with van der Waals surface area (Å²) in [6.07, 6.45) is 2.49. The van der Waals surface area contributed by atoms with Crippen LogP contribution < -0.4 is 11.3 Å². The van der Waals surface area contributed by atoms with Crippen molar-refractivity contribution >= 4 is 21.6 Å². The Kier molecular flexibility index (Phi) is 3.86. The SMILES string of the molecule is CCc1sc2ncn(CCN)c(=O)c2c1-c1ccccc1. The Morgan fingerprint density at radius 2 is 2.05 bits per heavy atom. The van der Waals surface area contributed by atoms with Crippen LogP contribution >= 0.6 is 11.3 Å². The quantitative estimate of drug-likeness (QED) is 0.805. The average molecular weight is 299 g/mol. The minimum absolute atomic E-state index is 0.000234. The Morgan fingerprint density at radius 1 is 1.29 bits per heavy atom. The lowest BCUT2D eigenvalue weighted by Gasteiger charge is -2.05. The van der Waals surface area contributed by atoms with E-state index in [0.717, 1.165) is 27.8 Å². The number of hydrogen-bond acceptors (Lipinski definition) is 4. The first-order valence-corrected chi connectivity index (χ1v) is 7.84. The highest BCUT2D eigenvalue weighted by Gasteiger charge is 2.17. The molecule has 0 amide bonds. The van der Waals surface area contributed by atoms with Gasteiger partial charge in [0.2, 0.25) is 0 Å². The summed E-state index contributed by atoms with van der Waals surface area (Å²) < 4.78 is 1.60. The molecule has 0 radical (unpaired) electrons. The third kappa shape index (κ3) is 2.39. The van der Waals surface area contributed by atoms with Gasteiger partial charge in [0.15, 0.2) is 0 Å². The number of benzene rings is 1. The second-order valence-corrected chi connectivity index (χ2v) is 5.92. The van der Waals surface area contributed by atoms with Gasteiger partial charge in [-0.1, -0.05) is 37.3 Å². The van der Waals surface area contributed by atoms with Crippen LogP contribution in [-0.2, 0) is 13.0 Å². The average Bonchev–Trinajstić information content (AvgIpc) is 2.90. The number of nitrogens with zero attached hydrogens (tertiary/aromatic N) is 2. The maximum atomic E-state index is 12.7. The number of thiophene rings is 1. The summed E-state index contributed by atoms with van der Waals surface area (Å²) in [6.45, 7) is 3.03. The van der Waals surface area contributed by atoms with E-state index in [0.29, 0.717) is 13.1 Å². The van der Waals surface area contributed by atoms with Gasteiger partial charge in [-0.2, -0.15) is 0 Å². The molecule has 3 rings (SSSR count). The van der Waals surface area contributed by atoms with Crippen LogP contribution in [0.2, 0.25) is 0 Å². The number of nitrogens with two attached hydrogens (primary N) is 1. The predicted octanol–water partition coefficient (Wildman–Crippen LogP) is 2.65. The van der Waals surface area contributed by atoms with Crippen LogP contribution in [0.25, 0.3) is 21.3 Å². The minimum Gasteiger partial charge on any atom is -0.329 e. The molecule has 1 aromatic carbocycles. The lowest BCUT2D eigenvalue weighted by molar-refractivity contribution is 0.674. The molecule has 3 aromatic rings. The number of hydrogen-bond donors (Lipinski definition) is 1. The zero-order valence-corrected chi connectivity index (χ0v) is 12.7. The first-order valence-electron chi connectivity index (χ1n) is 7.02. The zero-order chi connectivity index (χ0) is 14.8. The van der Waals surface area contributed by atoms with Crippen LogP contribution in [0.15, 0.2) is 41.5 Å². The van der Waals surface area contributed by atoms with Crippen molar-refractivity contribution < 1.29 is 0 Å². The van der Waals surface area contributed by atoms with Crippen LogP contribution in [0.1, 0.15) is 11.8 Å². The highest BCUT2D eigenvalue weighted by molar-refractivity contribution is 7.19. The largest absolute Gasteiger partial charge is 0.329 e. The third-order valence-corrected chi connectivity index (χ3v) is 4.75. The smallest absolute Gasteiger partial charge is 0.262 e.